The summed E-state index contributed by atoms with van der Waals surface area (Å²) >= 11 is 0. The summed E-state index contributed by atoms with van der Waals surface area (Å²) in [4.78, 5) is 53.1. The van der Waals surface area contributed by atoms with E-state index in [-0.39, 0.29) is 63.2 Å². The highest BCUT2D eigenvalue weighted by Crippen LogP contribution is 2.46. The Bertz CT molecular complexity index is 2420. The van der Waals surface area contributed by atoms with Gasteiger partial charge in [0.15, 0.2) is 0 Å². The molecule has 4 aromatic carbocycles. The van der Waals surface area contributed by atoms with Crippen LogP contribution in [0.1, 0.15) is 108 Å². The van der Waals surface area contributed by atoms with Crippen LogP contribution in [0.3, 0.4) is 0 Å². The van der Waals surface area contributed by atoms with Crippen molar-refractivity contribution in [3.8, 4) is 46.0 Å². The zero-order chi connectivity index (χ0) is 44.5. The minimum absolute atomic E-state index is 0.0129. The number of carboxylic acid groups (broad SMARTS) is 2. The average Bonchev–Trinajstić information content (AvgIpc) is 3.19. The fourth-order valence-corrected chi connectivity index (χ4v) is 7.99. The first-order valence-corrected chi connectivity index (χ1v) is 18.5. The maximum absolute atomic E-state index is 14.5. The first-order chi connectivity index (χ1) is 27.7. The Balaban J connectivity index is 1.89. The molecule has 0 spiro atoms. The second-order valence-corrected chi connectivity index (χ2v) is 14.1. The van der Waals surface area contributed by atoms with E-state index in [4.69, 9.17) is 37.9 Å². The maximum Gasteiger partial charge on any atom is 0.347 e. The van der Waals surface area contributed by atoms with Crippen molar-refractivity contribution in [1.29, 1.82) is 0 Å². The van der Waals surface area contributed by atoms with Crippen LogP contribution in [0, 0.1) is 69.2 Å². The molecule has 0 saturated carbocycles. The minimum Gasteiger partial charge on any atom is -0.496 e. The van der Waals surface area contributed by atoms with E-state index in [9.17, 15) is 29.4 Å². The van der Waals surface area contributed by atoms with Crippen LogP contribution in [-0.2, 0) is 6.42 Å². The Kier molecular flexibility index (Phi) is 13.5. The summed E-state index contributed by atoms with van der Waals surface area (Å²) in [5.41, 5.74) is 5.45. The molecule has 2 N–H and O–H groups in total. The number of ether oxygens (including phenoxy) is 8. The SMILES string of the molecule is COc1c(C)c(OC)c(C(=O)O)c(C)c1Cc1c(C)c(C(=O)Oc2c(C)c(C)c(C(=O)Oc3c(C)c(C)c(C(=O)O)c(OC)c3C)c(OC)c2C)c(OC)c(C)c1OC. The van der Waals surface area contributed by atoms with Gasteiger partial charge in [0, 0.05) is 39.8 Å². The minimum atomic E-state index is -1.18. The van der Waals surface area contributed by atoms with E-state index in [1.165, 1.54) is 42.7 Å². The van der Waals surface area contributed by atoms with Crippen LogP contribution in [0.15, 0.2) is 0 Å². The number of rotatable bonds is 14. The summed E-state index contributed by atoms with van der Waals surface area (Å²) in [5.74, 6) is -2.21. The highest BCUT2D eigenvalue weighted by atomic mass is 16.5. The Hall–Kier alpha value is -6.44. The molecule has 4 rings (SSSR count). The highest BCUT2D eigenvalue weighted by molar-refractivity contribution is 6.01. The van der Waals surface area contributed by atoms with E-state index in [1.54, 1.807) is 69.2 Å². The Labute approximate surface area is 343 Å². The van der Waals surface area contributed by atoms with E-state index in [2.05, 4.69) is 0 Å². The van der Waals surface area contributed by atoms with Gasteiger partial charge in [-0.15, -0.1) is 0 Å². The number of hydrogen-bond donors (Lipinski definition) is 2. The third-order valence-corrected chi connectivity index (χ3v) is 11.2. The number of carboxylic acids is 2. The summed E-state index contributed by atoms with van der Waals surface area (Å²) in [6.07, 6.45) is 0.103. The van der Waals surface area contributed by atoms with E-state index in [1.807, 2.05) is 0 Å². The molecule has 14 heteroatoms. The number of carbonyl (C=O) groups excluding carboxylic acids is 2. The number of benzene rings is 4. The fraction of sp³-hybridized carbons (Fsp3) is 0.378. The molecule has 316 valence electrons. The van der Waals surface area contributed by atoms with Crippen molar-refractivity contribution in [2.24, 2.45) is 0 Å². The number of esters is 2. The van der Waals surface area contributed by atoms with Gasteiger partial charge in [-0.1, -0.05) is 0 Å². The predicted octanol–water partition coefficient (Wildman–Crippen LogP) is 8.25. The lowest BCUT2D eigenvalue weighted by atomic mass is 9.87. The Morgan fingerprint density at radius 2 is 0.593 bits per heavy atom. The molecule has 0 radical (unpaired) electrons. The molecular formula is C45H52O14. The molecule has 0 fully saturated rings. The van der Waals surface area contributed by atoms with Crippen LogP contribution in [0.25, 0.3) is 0 Å². The molecule has 0 aliphatic carbocycles. The topological polar surface area (TPSA) is 183 Å². The van der Waals surface area contributed by atoms with E-state index in [0.717, 1.165) is 0 Å². The van der Waals surface area contributed by atoms with Crippen LogP contribution >= 0.6 is 0 Å². The van der Waals surface area contributed by atoms with Crippen LogP contribution in [-0.4, -0.2) is 76.7 Å². The lowest BCUT2D eigenvalue weighted by molar-refractivity contribution is 0.0680. The van der Waals surface area contributed by atoms with Gasteiger partial charge in [0.1, 0.15) is 68.2 Å². The van der Waals surface area contributed by atoms with Gasteiger partial charge < -0.3 is 48.1 Å². The van der Waals surface area contributed by atoms with Gasteiger partial charge in [-0.3, -0.25) is 0 Å². The van der Waals surface area contributed by atoms with E-state index < -0.39 is 23.9 Å². The molecule has 0 aliphatic heterocycles. The molecule has 14 nitrogen and oxygen atoms in total. The van der Waals surface area contributed by atoms with Gasteiger partial charge in [-0.25, -0.2) is 19.2 Å². The summed E-state index contributed by atoms with van der Waals surface area (Å²) in [7, 11) is 8.53. The van der Waals surface area contributed by atoms with Crippen molar-refractivity contribution >= 4 is 23.9 Å². The van der Waals surface area contributed by atoms with Gasteiger partial charge in [-0.05, 0) is 103 Å². The molecule has 0 atom stereocenters. The van der Waals surface area contributed by atoms with Crippen LogP contribution in [0.4, 0.5) is 0 Å². The standard InChI is InChI=1S/C45H52O14/c1-18-20(3)34(24(7)38(54-13)30(18)42(46)47)58-44(50)32-19(2)21(4)35(25(8)40(32)56-15)59-45(51)33-23(6)29(37(53-12)27(10)41(33)57-16)17-28-22(5)31(43(48)49)39(55-14)26(9)36(28)52-11/h17H2,1-16H3,(H,46,47)(H,48,49). The van der Waals surface area contributed by atoms with E-state index in [0.29, 0.717) is 78.3 Å². The molecular weight excluding hydrogens is 764 g/mol. The van der Waals surface area contributed by atoms with Gasteiger partial charge in [0.25, 0.3) is 0 Å². The van der Waals surface area contributed by atoms with Crippen LogP contribution < -0.4 is 37.9 Å². The summed E-state index contributed by atoms with van der Waals surface area (Å²) in [6.45, 7) is 16.7. The van der Waals surface area contributed by atoms with Crippen molar-refractivity contribution in [3.05, 3.63) is 89.0 Å². The van der Waals surface area contributed by atoms with Crippen molar-refractivity contribution < 1.29 is 67.3 Å². The second kappa shape index (κ2) is 17.6. The molecule has 59 heavy (non-hydrogen) atoms. The van der Waals surface area contributed by atoms with E-state index >= 15 is 0 Å². The first-order valence-electron chi connectivity index (χ1n) is 18.5. The normalized spacial score (nSPS) is 10.8. The largest absolute Gasteiger partial charge is 0.496 e. The lowest BCUT2D eigenvalue weighted by Crippen LogP contribution is -2.19. The molecule has 0 unspecified atom stereocenters. The molecule has 0 amide bonds. The summed E-state index contributed by atoms with van der Waals surface area (Å²) < 4.78 is 46.4. The van der Waals surface area contributed by atoms with Crippen LogP contribution in [0.5, 0.6) is 46.0 Å². The molecule has 0 heterocycles. The van der Waals surface area contributed by atoms with Crippen molar-refractivity contribution in [3.63, 3.8) is 0 Å². The summed E-state index contributed by atoms with van der Waals surface area (Å²) in [5, 5.41) is 20.1. The zero-order valence-electron chi connectivity index (χ0n) is 36.5. The average molecular weight is 817 g/mol. The fourth-order valence-electron chi connectivity index (χ4n) is 7.99. The molecule has 0 aromatic heterocycles. The highest BCUT2D eigenvalue weighted by Gasteiger charge is 2.33. The number of carbonyl (C=O) groups is 4. The third kappa shape index (κ3) is 7.54. The lowest BCUT2D eigenvalue weighted by Gasteiger charge is -2.25. The molecule has 0 bridgehead atoms. The third-order valence-electron chi connectivity index (χ3n) is 11.2. The predicted molar refractivity (Wildman–Crippen MR) is 219 cm³/mol. The van der Waals surface area contributed by atoms with Crippen molar-refractivity contribution in [2.45, 2.75) is 75.7 Å². The first kappa shape index (κ1) is 45.3. The molecule has 4 aromatic rings. The maximum atomic E-state index is 14.5. The van der Waals surface area contributed by atoms with Crippen molar-refractivity contribution in [2.75, 3.05) is 42.7 Å². The number of hydrogen-bond acceptors (Lipinski definition) is 12. The Morgan fingerprint density at radius 3 is 0.915 bits per heavy atom. The van der Waals surface area contributed by atoms with Crippen LogP contribution in [0.2, 0.25) is 0 Å². The van der Waals surface area contributed by atoms with Gasteiger partial charge in [-0.2, -0.15) is 0 Å². The quantitative estimate of drug-likeness (QED) is 0.0916. The van der Waals surface area contributed by atoms with Crippen molar-refractivity contribution in [1.82, 2.24) is 0 Å². The second-order valence-electron chi connectivity index (χ2n) is 14.1. The number of methoxy groups -OCH3 is 6. The monoisotopic (exact) mass is 816 g/mol. The smallest absolute Gasteiger partial charge is 0.347 e. The van der Waals surface area contributed by atoms with Gasteiger partial charge in [0.2, 0.25) is 0 Å². The Morgan fingerprint density at radius 1 is 0.339 bits per heavy atom. The molecule has 0 saturated heterocycles. The summed E-state index contributed by atoms with van der Waals surface area (Å²) in [6, 6.07) is 0. The van der Waals surface area contributed by atoms with Gasteiger partial charge >= 0.3 is 23.9 Å². The van der Waals surface area contributed by atoms with Gasteiger partial charge in [0.05, 0.1) is 42.7 Å². The molecule has 0 aliphatic rings. The zero-order valence-corrected chi connectivity index (χ0v) is 36.5. The number of aromatic carboxylic acids is 2.